The summed E-state index contributed by atoms with van der Waals surface area (Å²) in [6, 6.07) is 1.05. The molecule has 0 unspecified atom stereocenters. The van der Waals surface area contributed by atoms with E-state index in [9.17, 15) is 23.5 Å². The van der Waals surface area contributed by atoms with Crippen LogP contribution in [0.2, 0.25) is 0 Å². The van der Waals surface area contributed by atoms with E-state index in [0.717, 1.165) is 23.1 Å². The summed E-state index contributed by atoms with van der Waals surface area (Å²) in [4.78, 5) is 24.6. The molecular weight excluding hydrogens is 336 g/mol. The molecule has 1 aliphatic rings. The number of carbonyl (C=O) groups excluding carboxylic acids is 1. The lowest BCUT2D eigenvalue weighted by Gasteiger charge is -2.25. The van der Waals surface area contributed by atoms with Crippen molar-refractivity contribution in [2.75, 3.05) is 13.7 Å². The van der Waals surface area contributed by atoms with E-state index in [1.165, 1.54) is 7.11 Å². The summed E-state index contributed by atoms with van der Waals surface area (Å²) in [5.41, 5.74) is 0. The van der Waals surface area contributed by atoms with E-state index >= 15 is 0 Å². The molecule has 6 nitrogen and oxygen atoms in total. The molecule has 1 heterocycles. The predicted molar refractivity (Wildman–Crippen MR) is 84.2 cm³/mol. The Bertz CT molecular complexity index is 717. The van der Waals surface area contributed by atoms with Gasteiger partial charge in [-0.15, -0.1) is 0 Å². The highest BCUT2D eigenvalue weighted by molar-refractivity contribution is 5.94. The zero-order valence-electron chi connectivity index (χ0n) is 14.1. The van der Waals surface area contributed by atoms with E-state index in [0.29, 0.717) is 0 Å². The summed E-state index contributed by atoms with van der Waals surface area (Å²) < 4.78 is 37.9. The Hall–Kier alpha value is -2.64. The number of benzene rings is 1. The van der Waals surface area contributed by atoms with Gasteiger partial charge in [0, 0.05) is 6.08 Å². The monoisotopic (exact) mass is 355 g/mol. The molecule has 136 valence electrons. The van der Waals surface area contributed by atoms with Crippen LogP contribution in [0.15, 0.2) is 24.0 Å². The van der Waals surface area contributed by atoms with Gasteiger partial charge in [0.25, 0.3) is 5.91 Å². The molecule has 1 aliphatic heterocycles. The van der Waals surface area contributed by atoms with Crippen molar-refractivity contribution in [3.63, 3.8) is 0 Å². The Morgan fingerprint density at radius 3 is 2.60 bits per heavy atom. The average Bonchev–Trinajstić information content (AvgIpc) is 2.89. The molecule has 0 spiro atoms. The number of carboxylic acids is 1. The Morgan fingerprint density at radius 1 is 1.36 bits per heavy atom. The number of aliphatic carboxylic acids is 1. The molecule has 0 radical (unpaired) electrons. The van der Waals surface area contributed by atoms with Crippen molar-refractivity contribution in [1.82, 2.24) is 4.90 Å². The molecule has 0 saturated heterocycles. The van der Waals surface area contributed by atoms with Gasteiger partial charge in [-0.2, -0.15) is 4.39 Å². The van der Waals surface area contributed by atoms with Gasteiger partial charge in [-0.1, -0.05) is 13.8 Å². The van der Waals surface area contributed by atoms with Crippen LogP contribution in [0.1, 0.15) is 20.3 Å². The zero-order valence-corrected chi connectivity index (χ0v) is 14.1. The standard InChI is InChI=1S/C17H19F2NO5/c1-9(2)6-12(17(22)23)20-8-10(7-14(20)21)25-16-11(18)4-5-13(24-3)15(16)19/h4-5,7,9,12H,6,8H2,1-3H3,(H,22,23)/t12-/m0/s1. The van der Waals surface area contributed by atoms with E-state index in [2.05, 4.69) is 0 Å². The van der Waals surface area contributed by atoms with Gasteiger partial charge < -0.3 is 19.5 Å². The Labute approximate surface area is 143 Å². The lowest BCUT2D eigenvalue weighted by Crippen LogP contribution is -2.43. The molecule has 0 bridgehead atoms. The minimum Gasteiger partial charge on any atom is -0.494 e. The molecule has 2 rings (SSSR count). The third kappa shape index (κ3) is 4.07. The molecule has 0 fully saturated rings. The first-order chi connectivity index (χ1) is 11.7. The summed E-state index contributed by atoms with van der Waals surface area (Å²) in [6.45, 7) is 3.49. The maximum absolute atomic E-state index is 14.1. The summed E-state index contributed by atoms with van der Waals surface area (Å²) in [6.07, 6.45) is 1.29. The molecule has 0 aliphatic carbocycles. The largest absolute Gasteiger partial charge is 0.494 e. The molecule has 1 amide bonds. The Kier molecular flexibility index (Phi) is 5.61. The summed E-state index contributed by atoms with van der Waals surface area (Å²) in [5, 5.41) is 9.34. The second-order valence-electron chi connectivity index (χ2n) is 6.06. The number of ether oxygens (including phenoxy) is 2. The van der Waals surface area contributed by atoms with Crippen molar-refractivity contribution in [2.45, 2.75) is 26.3 Å². The normalized spacial score (nSPS) is 15.4. The quantitative estimate of drug-likeness (QED) is 0.814. The number of carbonyl (C=O) groups is 2. The van der Waals surface area contributed by atoms with Gasteiger partial charge in [0.15, 0.2) is 11.6 Å². The van der Waals surface area contributed by atoms with Gasteiger partial charge in [-0.3, -0.25) is 4.79 Å². The van der Waals surface area contributed by atoms with E-state index < -0.39 is 35.3 Å². The van der Waals surface area contributed by atoms with Crippen LogP contribution in [-0.2, 0) is 9.59 Å². The third-order valence-electron chi connectivity index (χ3n) is 3.72. The van der Waals surface area contributed by atoms with Crippen LogP contribution in [0.4, 0.5) is 8.78 Å². The Morgan fingerprint density at radius 2 is 2.04 bits per heavy atom. The van der Waals surface area contributed by atoms with Gasteiger partial charge in [0.2, 0.25) is 11.6 Å². The molecular formula is C17H19F2NO5. The Balaban J connectivity index is 2.20. The van der Waals surface area contributed by atoms with Crippen LogP contribution in [0.5, 0.6) is 11.5 Å². The summed E-state index contributed by atoms with van der Waals surface area (Å²) >= 11 is 0. The van der Waals surface area contributed by atoms with Crippen molar-refractivity contribution >= 4 is 11.9 Å². The van der Waals surface area contributed by atoms with Gasteiger partial charge in [-0.25, -0.2) is 9.18 Å². The second-order valence-corrected chi connectivity index (χ2v) is 6.06. The first-order valence-electron chi connectivity index (χ1n) is 7.68. The molecule has 25 heavy (non-hydrogen) atoms. The second kappa shape index (κ2) is 7.50. The van der Waals surface area contributed by atoms with Crippen LogP contribution < -0.4 is 9.47 Å². The smallest absolute Gasteiger partial charge is 0.326 e. The van der Waals surface area contributed by atoms with E-state index in [-0.39, 0.29) is 30.4 Å². The first-order valence-corrected chi connectivity index (χ1v) is 7.68. The SMILES string of the molecule is COc1ccc(F)c(OC2=CC(=O)N([C@@H](CC(C)C)C(=O)O)C2)c1F. The number of nitrogens with zero attached hydrogens (tertiary/aromatic N) is 1. The number of rotatable bonds is 7. The molecule has 1 aromatic rings. The van der Waals surface area contributed by atoms with Crippen molar-refractivity contribution in [2.24, 2.45) is 5.92 Å². The van der Waals surface area contributed by atoms with Crippen molar-refractivity contribution < 1.29 is 33.0 Å². The highest BCUT2D eigenvalue weighted by Crippen LogP contribution is 2.32. The number of hydrogen-bond donors (Lipinski definition) is 1. The zero-order chi connectivity index (χ0) is 18.7. The average molecular weight is 355 g/mol. The van der Waals surface area contributed by atoms with E-state index in [4.69, 9.17) is 9.47 Å². The molecule has 1 atom stereocenters. The van der Waals surface area contributed by atoms with E-state index in [1.54, 1.807) is 0 Å². The number of methoxy groups -OCH3 is 1. The maximum atomic E-state index is 14.1. The number of carboxylic acid groups (broad SMARTS) is 1. The highest BCUT2D eigenvalue weighted by atomic mass is 19.1. The fourth-order valence-corrected chi connectivity index (χ4v) is 2.54. The lowest BCUT2D eigenvalue weighted by atomic mass is 10.0. The van der Waals surface area contributed by atoms with Crippen LogP contribution in [0, 0.1) is 17.6 Å². The van der Waals surface area contributed by atoms with Gasteiger partial charge >= 0.3 is 5.97 Å². The molecule has 1 aromatic carbocycles. The van der Waals surface area contributed by atoms with Crippen LogP contribution in [0.3, 0.4) is 0 Å². The van der Waals surface area contributed by atoms with Crippen LogP contribution in [0.25, 0.3) is 0 Å². The van der Waals surface area contributed by atoms with Gasteiger partial charge in [0.05, 0.1) is 13.7 Å². The fourth-order valence-electron chi connectivity index (χ4n) is 2.54. The highest BCUT2D eigenvalue weighted by Gasteiger charge is 2.35. The minimum atomic E-state index is -1.14. The molecule has 8 heteroatoms. The van der Waals surface area contributed by atoms with Crippen molar-refractivity contribution in [3.05, 3.63) is 35.6 Å². The first kappa shape index (κ1) is 18.7. The summed E-state index contributed by atoms with van der Waals surface area (Å²) in [5.74, 6) is -4.61. The third-order valence-corrected chi connectivity index (χ3v) is 3.72. The molecule has 0 aromatic heterocycles. The maximum Gasteiger partial charge on any atom is 0.326 e. The molecule has 0 saturated carbocycles. The number of halogens is 2. The number of amides is 1. The van der Waals surface area contributed by atoms with Gasteiger partial charge in [0.1, 0.15) is 11.8 Å². The fraction of sp³-hybridized carbons (Fsp3) is 0.412. The minimum absolute atomic E-state index is 0.0361. The van der Waals surface area contributed by atoms with Crippen molar-refractivity contribution in [1.29, 1.82) is 0 Å². The lowest BCUT2D eigenvalue weighted by molar-refractivity contribution is -0.148. The van der Waals surface area contributed by atoms with Crippen molar-refractivity contribution in [3.8, 4) is 11.5 Å². The van der Waals surface area contributed by atoms with Crippen LogP contribution in [-0.4, -0.2) is 41.6 Å². The predicted octanol–water partition coefficient (Wildman–Crippen LogP) is 2.58. The van der Waals surface area contributed by atoms with E-state index in [1.807, 2.05) is 13.8 Å². The summed E-state index contributed by atoms with van der Waals surface area (Å²) in [7, 11) is 1.23. The molecule has 1 N–H and O–H groups in total. The van der Waals surface area contributed by atoms with Gasteiger partial charge in [-0.05, 0) is 24.5 Å². The topological polar surface area (TPSA) is 76.1 Å². The number of hydrogen-bond acceptors (Lipinski definition) is 4. The van der Waals surface area contributed by atoms with Crippen LogP contribution >= 0.6 is 0 Å².